The average molecular weight is 206 g/mol. The molecular weight excluding hydrogens is 195 g/mol. The molecule has 0 aliphatic carbocycles. The van der Waals surface area contributed by atoms with Gasteiger partial charge in [-0.15, -0.1) is 0 Å². The number of rotatable bonds is 3. The van der Waals surface area contributed by atoms with Crippen molar-refractivity contribution in [3.63, 3.8) is 0 Å². The van der Waals surface area contributed by atoms with E-state index in [9.17, 15) is 4.39 Å². The fourth-order valence-electron chi connectivity index (χ4n) is 1.44. The molecule has 1 aromatic carbocycles. The van der Waals surface area contributed by atoms with E-state index < -0.39 is 0 Å². The third-order valence-corrected chi connectivity index (χ3v) is 2.10. The van der Waals surface area contributed by atoms with Crippen LogP contribution >= 0.6 is 0 Å². The summed E-state index contributed by atoms with van der Waals surface area (Å²) in [7, 11) is 1.84. The van der Waals surface area contributed by atoms with Gasteiger partial charge >= 0.3 is 0 Å². The van der Waals surface area contributed by atoms with E-state index >= 15 is 0 Å². The number of halogens is 1. The first kappa shape index (κ1) is 9.86. The fourth-order valence-corrected chi connectivity index (χ4v) is 1.44. The Labute approximate surface area is 86.9 Å². The molecule has 78 valence electrons. The van der Waals surface area contributed by atoms with E-state index in [-0.39, 0.29) is 5.82 Å². The Morgan fingerprint density at radius 2 is 2.33 bits per heavy atom. The predicted molar refractivity (Wildman–Crippen MR) is 54.7 cm³/mol. The molecule has 0 atom stereocenters. The number of hydrogen-bond donors (Lipinski definition) is 1. The number of hydrogen-bond acceptors (Lipinski definition) is 3. The Bertz CT molecular complexity index is 453. The third kappa shape index (κ3) is 2.05. The molecule has 1 N–H and O–H groups in total. The smallest absolute Gasteiger partial charge is 0.171 e. The Morgan fingerprint density at radius 3 is 3.07 bits per heavy atom. The fraction of sp³-hybridized carbons (Fsp3) is 0.182. The van der Waals surface area contributed by atoms with Gasteiger partial charge in [-0.2, -0.15) is 0 Å². The molecule has 0 fully saturated rings. The van der Waals surface area contributed by atoms with E-state index in [1.165, 1.54) is 12.1 Å². The summed E-state index contributed by atoms with van der Waals surface area (Å²) in [6.45, 7) is 0.648. The van der Waals surface area contributed by atoms with Crippen molar-refractivity contribution >= 4 is 0 Å². The van der Waals surface area contributed by atoms with Crippen LogP contribution in [-0.4, -0.2) is 12.2 Å². The summed E-state index contributed by atoms with van der Waals surface area (Å²) in [5.41, 5.74) is 1.63. The molecule has 0 amide bonds. The summed E-state index contributed by atoms with van der Waals surface area (Å²) in [6.07, 6.45) is 1.64. The molecule has 0 saturated carbocycles. The lowest BCUT2D eigenvalue weighted by molar-refractivity contribution is 0.431. The molecule has 15 heavy (non-hydrogen) atoms. The van der Waals surface area contributed by atoms with E-state index in [0.717, 1.165) is 5.56 Å². The van der Waals surface area contributed by atoms with E-state index in [1.54, 1.807) is 18.3 Å². The first-order valence-corrected chi connectivity index (χ1v) is 4.65. The highest BCUT2D eigenvalue weighted by Gasteiger charge is 2.10. The lowest BCUT2D eigenvalue weighted by Crippen LogP contribution is -2.04. The molecule has 0 saturated heterocycles. The topological polar surface area (TPSA) is 38.1 Å². The molecule has 0 bridgehead atoms. The van der Waals surface area contributed by atoms with Gasteiger partial charge in [0.05, 0.1) is 6.20 Å². The van der Waals surface area contributed by atoms with Crippen molar-refractivity contribution in [2.24, 2.45) is 0 Å². The summed E-state index contributed by atoms with van der Waals surface area (Å²) in [6, 6.07) is 6.27. The van der Waals surface area contributed by atoms with Crippen LogP contribution in [0.1, 0.15) is 5.56 Å². The molecule has 1 heterocycles. The molecule has 2 aromatic rings. The van der Waals surface area contributed by atoms with Gasteiger partial charge in [-0.05, 0) is 19.2 Å². The summed E-state index contributed by atoms with van der Waals surface area (Å²) < 4.78 is 18.1. The van der Waals surface area contributed by atoms with Crippen LogP contribution in [0.5, 0.6) is 0 Å². The number of nitrogens with zero attached hydrogens (tertiary/aromatic N) is 1. The van der Waals surface area contributed by atoms with Gasteiger partial charge in [-0.1, -0.05) is 17.3 Å². The molecule has 3 nitrogen and oxygen atoms in total. The van der Waals surface area contributed by atoms with Gasteiger partial charge in [0.15, 0.2) is 5.76 Å². The van der Waals surface area contributed by atoms with Crippen molar-refractivity contribution in [2.75, 3.05) is 7.05 Å². The van der Waals surface area contributed by atoms with Gasteiger partial charge in [-0.3, -0.25) is 0 Å². The Hall–Kier alpha value is -1.68. The van der Waals surface area contributed by atoms with Gasteiger partial charge in [0.2, 0.25) is 0 Å². The SMILES string of the molecule is CNCc1cnoc1-c1cccc(F)c1. The van der Waals surface area contributed by atoms with Gasteiger partial charge in [-0.25, -0.2) is 4.39 Å². The summed E-state index contributed by atoms with van der Waals surface area (Å²) in [4.78, 5) is 0. The van der Waals surface area contributed by atoms with Crippen LogP contribution in [-0.2, 0) is 6.54 Å². The van der Waals surface area contributed by atoms with Crippen molar-refractivity contribution < 1.29 is 8.91 Å². The van der Waals surface area contributed by atoms with Crippen molar-refractivity contribution in [2.45, 2.75) is 6.54 Å². The Kier molecular flexibility index (Phi) is 2.78. The van der Waals surface area contributed by atoms with Crippen LogP contribution in [0.25, 0.3) is 11.3 Å². The highest BCUT2D eigenvalue weighted by Crippen LogP contribution is 2.23. The second-order valence-electron chi connectivity index (χ2n) is 3.22. The van der Waals surface area contributed by atoms with Gasteiger partial charge < -0.3 is 9.84 Å². The molecule has 0 aliphatic rings. The molecule has 0 aliphatic heterocycles. The Balaban J connectivity index is 2.40. The van der Waals surface area contributed by atoms with Crippen LogP contribution in [0.15, 0.2) is 35.0 Å². The second kappa shape index (κ2) is 4.23. The van der Waals surface area contributed by atoms with Crippen molar-refractivity contribution in [3.05, 3.63) is 41.8 Å². The molecule has 2 rings (SSSR count). The minimum atomic E-state index is -0.278. The number of nitrogens with one attached hydrogen (secondary N) is 1. The highest BCUT2D eigenvalue weighted by atomic mass is 19.1. The quantitative estimate of drug-likeness (QED) is 0.836. The third-order valence-electron chi connectivity index (χ3n) is 2.10. The average Bonchev–Trinajstić information content (AvgIpc) is 2.66. The summed E-state index contributed by atoms with van der Waals surface area (Å²) >= 11 is 0. The standard InChI is InChI=1S/C11H11FN2O/c1-13-6-9-7-14-15-11(9)8-3-2-4-10(12)5-8/h2-5,7,13H,6H2,1H3. The maximum Gasteiger partial charge on any atom is 0.171 e. The van der Waals surface area contributed by atoms with Crippen molar-refractivity contribution in [1.29, 1.82) is 0 Å². The van der Waals surface area contributed by atoms with Crippen molar-refractivity contribution in [1.82, 2.24) is 10.5 Å². The molecule has 0 unspecified atom stereocenters. The van der Waals surface area contributed by atoms with Gasteiger partial charge in [0.1, 0.15) is 5.82 Å². The first-order chi connectivity index (χ1) is 7.31. The maximum absolute atomic E-state index is 13.0. The van der Waals surface area contributed by atoms with Crippen LogP contribution in [0, 0.1) is 5.82 Å². The number of benzene rings is 1. The lowest BCUT2D eigenvalue weighted by atomic mass is 10.1. The molecule has 0 radical (unpaired) electrons. The lowest BCUT2D eigenvalue weighted by Gasteiger charge is -2.00. The van der Waals surface area contributed by atoms with E-state index in [0.29, 0.717) is 17.9 Å². The minimum Gasteiger partial charge on any atom is -0.356 e. The minimum absolute atomic E-state index is 0.278. The maximum atomic E-state index is 13.0. The van der Waals surface area contributed by atoms with Gasteiger partial charge in [0, 0.05) is 17.7 Å². The van der Waals surface area contributed by atoms with E-state index in [1.807, 2.05) is 7.05 Å². The van der Waals surface area contributed by atoms with Crippen LogP contribution < -0.4 is 5.32 Å². The zero-order valence-electron chi connectivity index (χ0n) is 8.33. The van der Waals surface area contributed by atoms with Crippen molar-refractivity contribution in [3.8, 4) is 11.3 Å². The zero-order chi connectivity index (χ0) is 10.7. The van der Waals surface area contributed by atoms with Crippen LogP contribution in [0.2, 0.25) is 0 Å². The molecule has 0 spiro atoms. The molecular formula is C11H11FN2O. The second-order valence-corrected chi connectivity index (χ2v) is 3.22. The van der Waals surface area contributed by atoms with Crippen LogP contribution in [0.3, 0.4) is 0 Å². The summed E-state index contributed by atoms with van der Waals surface area (Å²) in [5.74, 6) is 0.336. The molecule has 4 heteroatoms. The largest absolute Gasteiger partial charge is 0.356 e. The van der Waals surface area contributed by atoms with Crippen LogP contribution in [0.4, 0.5) is 4.39 Å². The molecule has 1 aromatic heterocycles. The normalized spacial score (nSPS) is 10.5. The van der Waals surface area contributed by atoms with E-state index in [2.05, 4.69) is 10.5 Å². The zero-order valence-corrected chi connectivity index (χ0v) is 8.33. The number of aromatic nitrogens is 1. The van der Waals surface area contributed by atoms with Gasteiger partial charge in [0.25, 0.3) is 0 Å². The highest BCUT2D eigenvalue weighted by molar-refractivity contribution is 5.60. The predicted octanol–water partition coefficient (Wildman–Crippen LogP) is 2.20. The summed E-state index contributed by atoms with van der Waals surface area (Å²) in [5, 5.41) is 6.71. The van der Waals surface area contributed by atoms with E-state index in [4.69, 9.17) is 4.52 Å². The monoisotopic (exact) mass is 206 g/mol. The Morgan fingerprint density at radius 1 is 1.47 bits per heavy atom. The first-order valence-electron chi connectivity index (χ1n) is 4.65.